The van der Waals surface area contributed by atoms with Crippen molar-refractivity contribution in [2.75, 3.05) is 26.2 Å². The van der Waals surface area contributed by atoms with E-state index in [4.69, 9.17) is 5.84 Å². The first-order valence-corrected chi connectivity index (χ1v) is 3.00. The molecule has 0 unspecified atom stereocenters. The van der Waals surface area contributed by atoms with Gasteiger partial charge in [0.2, 0.25) is 0 Å². The van der Waals surface area contributed by atoms with Crippen LogP contribution in [0, 0.1) is 0 Å². The topological polar surface area (TPSA) is 66.0 Å². The first kappa shape index (κ1) is 6.28. The van der Waals surface area contributed by atoms with Crippen molar-refractivity contribution < 1.29 is 0 Å². The minimum absolute atomic E-state index is 0.903. The van der Waals surface area contributed by atoms with Gasteiger partial charge in [-0.2, -0.15) is 0 Å². The van der Waals surface area contributed by atoms with Crippen molar-refractivity contribution in [2.24, 2.45) is 16.3 Å². The van der Waals surface area contributed by atoms with Gasteiger partial charge in [-0.3, -0.25) is 5.01 Å². The molecule has 1 aliphatic rings. The molecule has 52 valence electrons. The molecule has 3 N–H and O–H groups in total. The Kier molecular flexibility index (Phi) is 2.26. The molecule has 0 radical (unpaired) electrons. The molecule has 0 aromatic heterocycles. The molecule has 0 saturated carbocycles. The third-order valence-corrected chi connectivity index (χ3v) is 1.27. The van der Waals surface area contributed by atoms with Crippen molar-refractivity contribution in [3.05, 3.63) is 0 Å². The average molecular weight is 129 g/mol. The maximum atomic E-state index is 4.86. The molecule has 0 amide bonds. The third-order valence-electron chi connectivity index (χ3n) is 1.27. The summed E-state index contributed by atoms with van der Waals surface area (Å²) in [5, 5.41) is 11.9. The second kappa shape index (κ2) is 3.24. The number of hydrogen-bond donors (Lipinski definition) is 2. The molecule has 0 aromatic rings. The van der Waals surface area contributed by atoms with E-state index in [9.17, 15) is 0 Å². The van der Waals surface area contributed by atoms with Crippen LogP contribution in [0.5, 0.6) is 0 Å². The van der Waals surface area contributed by atoms with Crippen LogP contribution in [0.15, 0.2) is 10.4 Å². The zero-order valence-corrected chi connectivity index (χ0v) is 5.25. The second-order valence-corrected chi connectivity index (χ2v) is 1.91. The lowest BCUT2D eigenvalue weighted by molar-refractivity contribution is 0.233. The summed E-state index contributed by atoms with van der Waals surface area (Å²) in [5.74, 6) is 4.86. The summed E-state index contributed by atoms with van der Waals surface area (Å²) in [6, 6.07) is 0. The van der Waals surface area contributed by atoms with E-state index < -0.39 is 0 Å². The van der Waals surface area contributed by atoms with Gasteiger partial charge in [-0.1, -0.05) is 10.4 Å². The third kappa shape index (κ3) is 1.85. The molecule has 1 saturated heterocycles. The van der Waals surface area contributed by atoms with Crippen LogP contribution in [0.2, 0.25) is 0 Å². The van der Waals surface area contributed by atoms with Crippen molar-refractivity contribution in [1.29, 1.82) is 0 Å². The molecule has 5 heteroatoms. The Hall–Kier alpha value is -0.840. The number of nitrogens with one attached hydrogen (secondary N) is 1. The normalized spacial score (nSPS) is 21.1. The van der Waals surface area contributed by atoms with Crippen LogP contribution in [-0.4, -0.2) is 31.2 Å². The lowest BCUT2D eigenvalue weighted by Gasteiger charge is -2.22. The molecular weight excluding hydrogens is 118 g/mol. The highest BCUT2D eigenvalue weighted by atomic mass is 15.6. The van der Waals surface area contributed by atoms with E-state index in [1.807, 2.05) is 5.01 Å². The fourth-order valence-electron chi connectivity index (χ4n) is 0.816. The molecule has 0 aliphatic carbocycles. The van der Waals surface area contributed by atoms with Gasteiger partial charge in [-0.25, -0.2) is 0 Å². The van der Waals surface area contributed by atoms with E-state index in [0.29, 0.717) is 0 Å². The van der Waals surface area contributed by atoms with E-state index in [2.05, 4.69) is 15.8 Å². The standard InChI is InChI=1S/C4H11N5/c5-7-8-9-3-1-6-2-4-9/h6H,1-4H2,(H2,5,8). The predicted molar refractivity (Wildman–Crippen MR) is 33.5 cm³/mol. The summed E-state index contributed by atoms with van der Waals surface area (Å²) in [5.41, 5.74) is 0. The zero-order chi connectivity index (χ0) is 6.53. The Morgan fingerprint density at radius 1 is 1.33 bits per heavy atom. The van der Waals surface area contributed by atoms with Gasteiger partial charge in [0.1, 0.15) is 0 Å². The van der Waals surface area contributed by atoms with Gasteiger partial charge in [0.25, 0.3) is 0 Å². The Balaban J connectivity index is 2.23. The minimum atomic E-state index is 0.903. The molecule has 1 fully saturated rings. The molecule has 0 spiro atoms. The van der Waals surface area contributed by atoms with E-state index in [1.165, 1.54) is 0 Å². The highest BCUT2D eigenvalue weighted by molar-refractivity contribution is 4.61. The molecule has 1 aliphatic heterocycles. The van der Waals surface area contributed by atoms with Gasteiger partial charge >= 0.3 is 0 Å². The summed E-state index contributed by atoms with van der Waals surface area (Å²) >= 11 is 0. The Bertz CT molecular complexity index is 95.1. The van der Waals surface area contributed by atoms with Crippen LogP contribution in [0.3, 0.4) is 0 Å². The maximum absolute atomic E-state index is 4.86. The molecule has 0 atom stereocenters. The Labute approximate surface area is 53.9 Å². The smallest absolute Gasteiger partial charge is 0.0503 e. The highest BCUT2D eigenvalue weighted by Gasteiger charge is 2.04. The zero-order valence-electron chi connectivity index (χ0n) is 5.25. The summed E-state index contributed by atoms with van der Waals surface area (Å²) in [7, 11) is 0. The van der Waals surface area contributed by atoms with E-state index in [-0.39, 0.29) is 0 Å². The Morgan fingerprint density at radius 3 is 2.56 bits per heavy atom. The average Bonchev–Trinajstić information content (AvgIpc) is 1.91. The van der Waals surface area contributed by atoms with Crippen LogP contribution in [0.4, 0.5) is 0 Å². The molecule has 1 rings (SSSR count). The quantitative estimate of drug-likeness (QED) is 0.275. The van der Waals surface area contributed by atoms with Gasteiger partial charge in [-0.05, 0) is 0 Å². The molecular formula is C4H11N5. The lowest BCUT2D eigenvalue weighted by atomic mass is 10.4. The molecule has 0 aromatic carbocycles. The van der Waals surface area contributed by atoms with E-state index >= 15 is 0 Å². The maximum Gasteiger partial charge on any atom is 0.0503 e. The minimum Gasteiger partial charge on any atom is -0.313 e. The van der Waals surface area contributed by atoms with Gasteiger partial charge in [0.05, 0.1) is 13.1 Å². The summed E-state index contributed by atoms with van der Waals surface area (Å²) in [6.45, 7) is 3.75. The summed E-state index contributed by atoms with van der Waals surface area (Å²) in [4.78, 5) is 0. The van der Waals surface area contributed by atoms with E-state index in [0.717, 1.165) is 26.2 Å². The van der Waals surface area contributed by atoms with Crippen LogP contribution < -0.4 is 11.2 Å². The van der Waals surface area contributed by atoms with Crippen LogP contribution >= 0.6 is 0 Å². The van der Waals surface area contributed by atoms with Crippen LogP contribution in [0.1, 0.15) is 0 Å². The number of nitrogens with two attached hydrogens (primary N) is 1. The number of hydrogen-bond acceptors (Lipinski definition) is 3. The molecule has 1 heterocycles. The van der Waals surface area contributed by atoms with Crippen molar-refractivity contribution >= 4 is 0 Å². The van der Waals surface area contributed by atoms with Crippen molar-refractivity contribution in [1.82, 2.24) is 10.3 Å². The van der Waals surface area contributed by atoms with Crippen molar-refractivity contribution in [2.45, 2.75) is 0 Å². The number of rotatable bonds is 1. The van der Waals surface area contributed by atoms with Gasteiger partial charge in [-0.15, -0.1) is 0 Å². The fraction of sp³-hybridized carbons (Fsp3) is 1.00. The largest absolute Gasteiger partial charge is 0.313 e. The molecule has 5 nitrogen and oxygen atoms in total. The van der Waals surface area contributed by atoms with E-state index in [1.54, 1.807) is 0 Å². The number of nitrogens with zero attached hydrogens (tertiary/aromatic N) is 3. The van der Waals surface area contributed by atoms with Crippen LogP contribution in [0.25, 0.3) is 0 Å². The summed E-state index contributed by atoms with van der Waals surface area (Å²) < 4.78 is 0. The first-order chi connectivity index (χ1) is 4.43. The highest BCUT2D eigenvalue weighted by Crippen LogP contribution is 1.90. The Morgan fingerprint density at radius 2 is 2.00 bits per heavy atom. The van der Waals surface area contributed by atoms with Gasteiger partial charge in [0.15, 0.2) is 0 Å². The van der Waals surface area contributed by atoms with Crippen molar-refractivity contribution in [3.63, 3.8) is 0 Å². The fourth-order valence-corrected chi connectivity index (χ4v) is 0.816. The van der Waals surface area contributed by atoms with Gasteiger partial charge < -0.3 is 11.2 Å². The lowest BCUT2D eigenvalue weighted by Crippen LogP contribution is -2.40. The van der Waals surface area contributed by atoms with Crippen LogP contribution in [-0.2, 0) is 0 Å². The second-order valence-electron chi connectivity index (χ2n) is 1.91. The predicted octanol–water partition coefficient (Wildman–Crippen LogP) is -0.868. The summed E-state index contributed by atoms with van der Waals surface area (Å²) in [6.07, 6.45) is 0. The van der Waals surface area contributed by atoms with Gasteiger partial charge in [0, 0.05) is 13.1 Å². The number of piperazine rings is 1. The first-order valence-electron chi connectivity index (χ1n) is 3.00. The molecule has 0 bridgehead atoms. The van der Waals surface area contributed by atoms with Crippen molar-refractivity contribution in [3.8, 4) is 0 Å². The SMILES string of the molecule is NN=NN1CCNCC1. The monoisotopic (exact) mass is 129 g/mol. The molecule has 9 heavy (non-hydrogen) atoms.